The summed E-state index contributed by atoms with van der Waals surface area (Å²) in [6.07, 6.45) is 5.66. The van der Waals surface area contributed by atoms with Crippen LogP contribution in [0.1, 0.15) is 118 Å². The van der Waals surface area contributed by atoms with Gasteiger partial charge in [0.25, 0.3) is 0 Å². The van der Waals surface area contributed by atoms with E-state index in [0.29, 0.717) is 13.0 Å². The molecule has 4 heteroatoms. The van der Waals surface area contributed by atoms with Gasteiger partial charge in [-0.25, -0.2) is 0 Å². The Labute approximate surface area is 211 Å². The van der Waals surface area contributed by atoms with E-state index in [2.05, 4.69) is 65.8 Å². The van der Waals surface area contributed by atoms with E-state index in [1.54, 1.807) is 0 Å². The second-order valence-electron chi connectivity index (χ2n) is 10.9. The fourth-order valence-corrected chi connectivity index (χ4v) is 5.00. The van der Waals surface area contributed by atoms with Crippen molar-refractivity contribution < 1.29 is 19.1 Å². The van der Waals surface area contributed by atoms with Gasteiger partial charge in [0.15, 0.2) is 0 Å². The van der Waals surface area contributed by atoms with Crippen LogP contribution >= 0.6 is 0 Å². The first kappa shape index (κ1) is 27.0. The Morgan fingerprint density at radius 2 is 1.80 bits per heavy atom. The molecule has 0 N–H and O–H groups in total. The molecule has 0 spiro atoms. The predicted octanol–water partition coefficient (Wildman–Crippen LogP) is 7.66. The number of benzene rings is 2. The molecule has 0 saturated carbocycles. The highest BCUT2D eigenvalue weighted by molar-refractivity contribution is 5.91. The first-order valence-corrected chi connectivity index (χ1v) is 13.2. The zero-order chi connectivity index (χ0) is 25.8. The average Bonchev–Trinajstić information content (AvgIpc) is 3.13. The van der Waals surface area contributed by atoms with E-state index in [1.165, 1.54) is 17.5 Å². The van der Waals surface area contributed by atoms with E-state index in [-0.39, 0.29) is 23.3 Å². The van der Waals surface area contributed by atoms with Gasteiger partial charge in [0.05, 0.1) is 6.61 Å². The van der Waals surface area contributed by atoms with Crippen LogP contribution in [0, 0.1) is 13.8 Å². The third-order valence-corrected chi connectivity index (χ3v) is 7.30. The summed E-state index contributed by atoms with van der Waals surface area (Å²) >= 11 is 0. The normalized spacial score (nSPS) is 16.1. The number of carbonyl (C=O) groups is 2. The summed E-state index contributed by atoms with van der Waals surface area (Å²) in [7, 11) is 0. The van der Waals surface area contributed by atoms with Crippen LogP contribution in [0.15, 0.2) is 30.3 Å². The topological polar surface area (TPSA) is 52.6 Å². The number of fused-ring (bicyclic) bond motifs is 1. The van der Waals surface area contributed by atoms with Gasteiger partial charge in [-0.3, -0.25) is 9.59 Å². The second kappa shape index (κ2) is 11.4. The van der Waals surface area contributed by atoms with Crippen LogP contribution in [-0.2, 0) is 19.7 Å². The van der Waals surface area contributed by atoms with Gasteiger partial charge in [-0.15, -0.1) is 0 Å². The highest BCUT2D eigenvalue weighted by atomic mass is 16.5. The number of unbranched alkanes of at least 4 members (excludes halogenated alkanes) is 2. The quantitative estimate of drug-likeness (QED) is 0.200. The van der Waals surface area contributed by atoms with Crippen molar-refractivity contribution >= 4 is 11.9 Å². The maximum absolute atomic E-state index is 13.3. The molecule has 2 atom stereocenters. The minimum absolute atomic E-state index is 0.157. The van der Waals surface area contributed by atoms with E-state index < -0.39 is 5.92 Å². The van der Waals surface area contributed by atoms with Gasteiger partial charge >= 0.3 is 11.9 Å². The summed E-state index contributed by atoms with van der Waals surface area (Å²) in [4.78, 5) is 25.0. The summed E-state index contributed by atoms with van der Waals surface area (Å²) in [5.74, 6) is 0.209. The largest absolute Gasteiger partial charge is 0.466 e. The van der Waals surface area contributed by atoms with Crippen molar-refractivity contribution in [1.29, 1.82) is 0 Å². The summed E-state index contributed by atoms with van der Waals surface area (Å²) in [5, 5.41) is 0. The summed E-state index contributed by atoms with van der Waals surface area (Å²) < 4.78 is 11.4. The smallest absolute Gasteiger partial charge is 0.323 e. The third kappa shape index (κ3) is 6.15. The molecule has 2 aromatic carbocycles. The van der Waals surface area contributed by atoms with Crippen LogP contribution < -0.4 is 4.74 Å². The van der Waals surface area contributed by atoms with Crippen molar-refractivity contribution in [2.75, 3.05) is 6.61 Å². The highest BCUT2D eigenvalue weighted by Crippen LogP contribution is 2.48. The van der Waals surface area contributed by atoms with Crippen molar-refractivity contribution in [3.8, 4) is 5.75 Å². The Morgan fingerprint density at radius 1 is 1.06 bits per heavy atom. The second-order valence-corrected chi connectivity index (χ2v) is 10.9. The standard InChI is InChI=1S/C31H42O4/c1-8-10-11-14-22(16-17-34-27(32)9-2)23-18-25-28(24-15-12-13-20(3)21(24)4)30(33)35-29(25)26(19-23)31(5,6)7/h12-13,15,18-19,22,28H,8-11,14,16-17H2,1-7H3. The molecule has 0 aliphatic carbocycles. The van der Waals surface area contributed by atoms with Crippen LogP contribution in [0.2, 0.25) is 0 Å². The first-order chi connectivity index (χ1) is 16.6. The molecule has 0 bridgehead atoms. The molecule has 0 amide bonds. The molecule has 0 radical (unpaired) electrons. The molecule has 2 aromatic rings. The summed E-state index contributed by atoms with van der Waals surface area (Å²) in [6.45, 7) is 15.1. The van der Waals surface area contributed by atoms with E-state index in [4.69, 9.17) is 9.47 Å². The van der Waals surface area contributed by atoms with Crippen molar-refractivity contribution in [1.82, 2.24) is 0 Å². The van der Waals surface area contributed by atoms with Crippen molar-refractivity contribution in [2.45, 2.75) is 104 Å². The van der Waals surface area contributed by atoms with Gasteiger partial charge in [0.2, 0.25) is 0 Å². The van der Waals surface area contributed by atoms with Crippen molar-refractivity contribution in [3.63, 3.8) is 0 Å². The molecule has 4 nitrogen and oxygen atoms in total. The van der Waals surface area contributed by atoms with Gasteiger partial charge in [0.1, 0.15) is 11.7 Å². The molecule has 35 heavy (non-hydrogen) atoms. The van der Waals surface area contributed by atoms with Gasteiger partial charge < -0.3 is 9.47 Å². The van der Waals surface area contributed by atoms with Gasteiger partial charge in [-0.2, -0.15) is 0 Å². The molecule has 1 aliphatic rings. The molecule has 1 heterocycles. The fourth-order valence-electron chi connectivity index (χ4n) is 5.00. The number of carbonyl (C=O) groups excluding carboxylic acids is 2. The van der Waals surface area contributed by atoms with Crippen LogP contribution in [-0.4, -0.2) is 18.5 Å². The molecule has 2 unspecified atom stereocenters. The van der Waals surface area contributed by atoms with Crippen molar-refractivity contribution in [3.05, 3.63) is 63.7 Å². The molecule has 1 aliphatic heterocycles. The van der Waals surface area contributed by atoms with Gasteiger partial charge in [0, 0.05) is 17.5 Å². The number of esters is 2. The molecule has 0 aromatic heterocycles. The van der Waals surface area contributed by atoms with Crippen molar-refractivity contribution in [2.24, 2.45) is 0 Å². The van der Waals surface area contributed by atoms with Crippen LogP contribution in [0.4, 0.5) is 0 Å². The number of aryl methyl sites for hydroxylation is 1. The minimum atomic E-state index is -0.417. The maximum Gasteiger partial charge on any atom is 0.323 e. The SMILES string of the molecule is CCCCCC(CCOC(=O)CC)c1cc2c(c(C(C)(C)C)c1)OC(=O)C2c1cccc(C)c1C. The summed E-state index contributed by atoms with van der Waals surface area (Å²) in [6, 6.07) is 10.6. The van der Waals surface area contributed by atoms with Crippen LogP contribution in [0.3, 0.4) is 0 Å². The summed E-state index contributed by atoms with van der Waals surface area (Å²) in [5.41, 5.74) is 6.40. The number of rotatable bonds is 10. The Kier molecular flexibility index (Phi) is 8.79. The monoisotopic (exact) mass is 478 g/mol. The molecule has 3 rings (SSSR count). The fraction of sp³-hybridized carbons (Fsp3) is 0.548. The predicted molar refractivity (Wildman–Crippen MR) is 141 cm³/mol. The average molecular weight is 479 g/mol. The maximum atomic E-state index is 13.3. The zero-order valence-corrected chi connectivity index (χ0v) is 22.6. The molecule has 0 fully saturated rings. The van der Waals surface area contributed by atoms with Crippen LogP contribution in [0.25, 0.3) is 0 Å². The van der Waals surface area contributed by atoms with E-state index in [1.807, 2.05) is 13.0 Å². The Morgan fingerprint density at radius 3 is 2.46 bits per heavy atom. The molecular formula is C31H42O4. The lowest BCUT2D eigenvalue weighted by molar-refractivity contribution is -0.143. The first-order valence-electron chi connectivity index (χ1n) is 13.2. The number of ether oxygens (including phenoxy) is 2. The molecular weight excluding hydrogens is 436 g/mol. The number of hydrogen-bond acceptors (Lipinski definition) is 4. The van der Waals surface area contributed by atoms with Crippen LogP contribution in [0.5, 0.6) is 5.75 Å². The lowest BCUT2D eigenvalue weighted by Gasteiger charge is -2.26. The Hall–Kier alpha value is -2.62. The third-order valence-electron chi connectivity index (χ3n) is 7.30. The van der Waals surface area contributed by atoms with Gasteiger partial charge in [-0.05, 0) is 60.3 Å². The number of hydrogen-bond donors (Lipinski definition) is 0. The van der Waals surface area contributed by atoms with E-state index >= 15 is 0 Å². The minimum Gasteiger partial charge on any atom is -0.466 e. The highest BCUT2D eigenvalue weighted by Gasteiger charge is 2.39. The van der Waals surface area contributed by atoms with E-state index in [9.17, 15) is 9.59 Å². The molecule has 190 valence electrons. The van der Waals surface area contributed by atoms with Gasteiger partial charge in [-0.1, -0.05) is 84.2 Å². The Balaban J connectivity index is 2.09. The lowest BCUT2D eigenvalue weighted by atomic mass is 9.78. The lowest BCUT2D eigenvalue weighted by Crippen LogP contribution is -2.15. The zero-order valence-electron chi connectivity index (χ0n) is 22.6. The molecule has 0 saturated heterocycles. The van der Waals surface area contributed by atoms with E-state index in [0.717, 1.165) is 53.7 Å². The Bertz CT molecular complexity index is 1060.